The van der Waals surface area contributed by atoms with Gasteiger partial charge in [-0.05, 0) is 37.3 Å². The van der Waals surface area contributed by atoms with Crippen molar-refractivity contribution in [1.82, 2.24) is 5.32 Å². The molecule has 5 nitrogen and oxygen atoms in total. The highest BCUT2D eigenvalue weighted by molar-refractivity contribution is 8.13. The van der Waals surface area contributed by atoms with Crippen LogP contribution in [-0.2, 0) is 4.79 Å². The first-order valence-electron chi connectivity index (χ1n) is 6.34. The summed E-state index contributed by atoms with van der Waals surface area (Å²) in [6.45, 7) is 2.75. The summed E-state index contributed by atoms with van der Waals surface area (Å²) in [5.41, 5.74) is 2.70. The molecule has 1 amide bonds. The molecule has 0 atom stereocenters. The lowest BCUT2D eigenvalue weighted by Crippen LogP contribution is -2.24. The van der Waals surface area contributed by atoms with E-state index in [1.165, 1.54) is 11.8 Å². The fraction of sp³-hybridized carbons (Fsp3) is 0.357. The number of thioether (sulfide) groups is 1. The normalized spacial score (nSPS) is 15.3. The quantitative estimate of drug-likeness (QED) is 0.393. The van der Waals surface area contributed by atoms with Gasteiger partial charge in [0.15, 0.2) is 11.4 Å². The number of carbonyl (C=O) groups is 1. The second kappa shape index (κ2) is 6.44. The number of aliphatic imine (C=N–C) groups is 1. The summed E-state index contributed by atoms with van der Waals surface area (Å²) in [6, 6.07) is 5.73. The number of anilines is 1. The molecule has 0 spiro atoms. The number of hydrogen-bond donors (Lipinski definition) is 1. The molecule has 1 N–H and O–H groups in total. The Morgan fingerprint density at radius 1 is 1.55 bits per heavy atom. The summed E-state index contributed by atoms with van der Waals surface area (Å²) in [5.74, 6) is 0.162. The molecule has 1 aliphatic rings. The molecule has 0 saturated carbocycles. The lowest BCUT2D eigenvalue weighted by molar-refractivity contribution is -0.117. The van der Waals surface area contributed by atoms with Gasteiger partial charge < -0.3 is 4.90 Å². The number of carbonyl (C=O) groups excluding carboxylic acids is 1. The zero-order valence-corrected chi connectivity index (χ0v) is 12.3. The Kier molecular flexibility index (Phi) is 4.64. The smallest absolute Gasteiger partial charge is 0.227 e. The molecule has 1 aromatic rings. The molecule has 1 aromatic carbocycles. The van der Waals surface area contributed by atoms with Crippen LogP contribution in [0.1, 0.15) is 18.4 Å². The number of benzene rings is 1. The van der Waals surface area contributed by atoms with Crippen LogP contribution in [0.5, 0.6) is 0 Å². The van der Waals surface area contributed by atoms with Gasteiger partial charge in [0.25, 0.3) is 0 Å². The number of amidine groups is 1. The Balaban J connectivity index is 2.33. The van der Waals surface area contributed by atoms with Crippen molar-refractivity contribution >= 4 is 34.2 Å². The molecule has 1 fully saturated rings. The van der Waals surface area contributed by atoms with Crippen LogP contribution >= 0.6 is 11.8 Å². The zero-order valence-electron chi connectivity index (χ0n) is 11.5. The van der Waals surface area contributed by atoms with E-state index in [4.69, 9.17) is 5.26 Å². The predicted molar refractivity (Wildman–Crippen MR) is 82.1 cm³/mol. The van der Waals surface area contributed by atoms with Crippen molar-refractivity contribution in [2.24, 2.45) is 4.99 Å². The van der Waals surface area contributed by atoms with Crippen molar-refractivity contribution in [3.63, 3.8) is 0 Å². The van der Waals surface area contributed by atoms with E-state index in [0.29, 0.717) is 11.6 Å². The maximum atomic E-state index is 11.8. The van der Waals surface area contributed by atoms with E-state index in [-0.39, 0.29) is 5.91 Å². The van der Waals surface area contributed by atoms with Gasteiger partial charge >= 0.3 is 0 Å². The molecule has 0 unspecified atom stereocenters. The number of nitrogens with one attached hydrogen (secondary N) is 1. The molecule has 0 radical (unpaired) electrons. The third-order valence-corrected chi connectivity index (χ3v) is 3.72. The van der Waals surface area contributed by atoms with E-state index in [2.05, 4.69) is 10.3 Å². The first-order valence-corrected chi connectivity index (χ1v) is 7.57. The first kappa shape index (κ1) is 14.4. The molecule has 2 rings (SSSR count). The fourth-order valence-corrected chi connectivity index (χ4v) is 2.50. The minimum atomic E-state index is 0.162. The van der Waals surface area contributed by atoms with Crippen molar-refractivity contribution in [3.05, 3.63) is 23.8 Å². The lowest BCUT2D eigenvalue weighted by atomic mass is 10.1. The van der Waals surface area contributed by atoms with Crippen LogP contribution in [0, 0.1) is 18.4 Å². The summed E-state index contributed by atoms with van der Waals surface area (Å²) < 4.78 is 0. The number of nitrogens with zero attached hydrogens (tertiary/aromatic N) is 3. The molecular weight excluding hydrogens is 272 g/mol. The molecule has 0 aromatic heterocycles. The minimum Gasteiger partial charge on any atom is -0.312 e. The topological polar surface area (TPSA) is 68.5 Å². The second-order valence-electron chi connectivity index (χ2n) is 4.48. The highest BCUT2D eigenvalue weighted by atomic mass is 32.2. The Morgan fingerprint density at radius 3 is 2.95 bits per heavy atom. The summed E-state index contributed by atoms with van der Waals surface area (Å²) >= 11 is 1.37. The number of rotatable bonds is 2. The van der Waals surface area contributed by atoms with Crippen LogP contribution in [0.3, 0.4) is 0 Å². The Morgan fingerprint density at radius 2 is 2.35 bits per heavy atom. The van der Waals surface area contributed by atoms with E-state index in [9.17, 15) is 4.79 Å². The molecule has 104 valence electrons. The molecule has 0 bridgehead atoms. The van der Waals surface area contributed by atoms with Gasteiger partial charge in [-0.25, -0.2) is 4.99 Å². The lowest BCUT2D eigenvalue weighted by Gasteiger charge is -2.18. The number of hydrogen-bond acceptors (Lipinski definition) is 4. The first-order chi connectivity index (χ1) is 9.65. The highest BCUT2D eigenvalue weighted by Crippen LogP contribution is 2.29. The molecule has 1 aliphatic heterocycles. The maximum Gasteiger partial charge on any atom is 0.227 e. The van der Waals surface area contributed by atoms with Crippen LogP contribution in [-0.4, -0.2) is 23.9 Å². The van der Waals surface area contributed by atoms with Gasteiger partial charge in [-0.15, -0.1) is 0 Å². The molecule has 6 heteroatoms. The number of amides is 1. The molecule has 1 saturated heterocycles. The van der Waals surface area contributed by atoms with Gasteiger partial charge in [-0.3, -0.25) is 10.1 Å². The molecule has 0 aliphatic carbocycles. The van der Waals surface area contributed by atoms with E-state index < -0.39 is 0 Å². The summed E-state index contributed by atoms with van der Waals surface area (Å²) in [5, 5.41) is 11.7. The Hall–Kier alpha value is -2.00. The van der Waals surface area contributed by atoms with Crippen molar-refractivity contribution in [3.8, 4) is 6.19 Å². The highest BCUT2D eigenvalue weighted by Gasteiger charge is 2.23. The van der Waals surface area contributed by atoms with E-state index >= 15 is 0 Å². The largest absolute Gasteiger partial charge is 0.312 e. The van der Waals surface area contributed by atoms with Crippen LogP contribution in [0.4, 0.5) is 11.4 Å². The average Bonchev–Trinajstić information content (AvgIpc) is 2.86. The minimum absolute atomic E-state index is 0.162. The predicted octanol–water partition coefficient (Wildman–Crippen LogP) is 2.54. The Labute approximate surface area is 122 Å². The van der Waals surface area contributed by atoms with Crippen LogP contribution in [0.15, 0.2) is 23.2 Å². The average molecular weight is 288 g/mol. The molecular formula is C14H16N4OS. The number of aryl methyl sites for hydroxylation is 1. The Bertz CT molecular complexity index is 591. The summed E-state index contributed by atoms with van der Waals surface area (Å²) in [7, 11) is 0. The monoisotopic (exact) mass is 288 g/mol. The van der Waals surface area contributed by atoms with E-state index in [1.54, 1.807) is 0 Å². The van der Waals surface area contributed by atoms with Gasteiger partial charge in [0, 0.05) is 18.7 Å². The van der Waals surface area contributed by atoms with Gasteiger partial charge in [-0.2, -0.15) is 5.26 Å². The van der Waals surface area contributed by atoms with Crippen LogP contribution in [0.2, 0.25) is 0 Å². The maximum absolute atomic E-state index is 11.8. The van der Waals surface area contributed by atoms with E-state index in [1.807, 2.05) is 42.5 Å². The van der Waals surface area contributed by atoms with Gasteiger partial charge in [0.1, 0.15) is 0 Å². The standard InChI is InChI=1S/C14H16N4OS/c1-10-5-6-11(17-14(20-2)16-9-15)8-12(10)18-7-3-4-13(18)19/h5-6,8H,3-4,7H2,1-2H3,(H,16,17). The third kappa shape index (κ3) is 3.11. The summed E-state index contributed by atoms with van der Waals surface area (Å²) in [4.78, 5) is 18.0. The fourth-order valence-electron chi connectivity index (χ4n) is 2.15. The van der Waals surface area contributed by atoms with Crippen molar-refractivity contribution in [2.45, 2.75) is 19.8 Å². The van der Waals surface area contributed by atoms with Crippen LogP contribution in [0.25, 0.3) is 0 Å². The van der Waals surface area contributed by atoms with Gasteiger partial charge in [0.2, 0.25) is 5.91 Å². The van der Waals surface area contributed by atoms with Crippen LogP contribution < -0.4 is 10.2 Å². The SMILES string of the molecule is CSC(=Nc1ccc(C)c(N2CCCC2=O)c1)NC#N. The molecule has 20 heavy (non-hydrogen) atoms. The second-order valence-corrected chi connectivity index (χ2v) is 5.27. The van der Waals surface area contributed by atoms with E-state index in [0.717, 1.165) is 29.9 Å². The van der Waals surface area contributed by atoms with Crippen molar-refractivity contribution in [2.75, 3.05) is 17.7 Å². The van der Waals surface area contributed by atoms with Crippen molar-refractivity contribution < 1.29 is 4.79 Å². The summed E-state index contributed by atoms with van der Waals surface area (Å²) in [6.07, 6.45) is 5.22. The number of nitriles is 1. The van der Waals surface area contributed by atoms with Crippen molar-refractivity contribution in [1.29, 1.82) is 5.26 Å². The van der Waals surface area contributed by atoms with Gasteiger partial charge in [0.05, 0.1) is 5.69 Å². The third-order valence-electron chi connectivity index (χ3n) is 3.14. The molecule has 1 heterocycles. The van der Waals surface area contributed by atoms with Gasteiger partial charge in [-0.1, -0.05) is 17.8 Å². The zero-order chi connectivity index (χ0) is 14.5.